The van der Waals surface area contributed by atoms with E-state index in [1.54, 1.807) is 6.20 Å². The SMILES string of the molecule is CC1=C(Nc2ccccc2C)c2nccn2NC1(N)C1CCC(N)CC1. The molecular formula is C20H28N6. The number of fused-ring (bicyclic) bond motifs is 1. The summed E-state index contributed by atoms with van der Waals surface area (Å²) in [4.78, 5) is 4.54. The minimum Gasteiger partial charge on any atom is -0.352 e. The standard InChI is InChI=1S/C20H28N6/c1-13-5-3-4-6-17(13)24-18-14(2)20(22,15-7-9-16(21)10-8-15)25-26-12-11-23-19(18)26/h3-6,11-12,15-16,24-25H,7-10,21-22H2,1-2H3. The molecular weight excluding hydrogens is 324 g/mol. The van der Waals surface area contributed by atoms with E-state index in [9.17, 15) is 0 Å². The Morgan fingerprint density at radius 1 is 1.19 bits per heavy atom. The van der Waals surface area contributed by atoms with Crippen molar-refractivity contribution in [2.75, 3.05) is 10.7 Å². The third-order valence-electron chi connectivity index (χ3n) is 5.99. The number of para-hydroxylation sites is 1. The van der Waals surface area contributed by atoms with Crippen LogP contribution in [-0.2, 0) is 0 Å². The van der Waals surface area contributed by atoms with E-state index in [1.807, 2.05) is 23.0 Å². The maximum atomic E-state index is 6.98. The molecule has 0 spiro atoms. The van der Waals surface area contributed by atoms with Crippen molar-refractivity contribution in [2.45, 2.75) is 51.2 Å². The van der Waals surface area contributed by atoms with Crippen LogP contribution < -0.4 is 22.2 Å². The third-order valence-corrected chi connectivity index (χ3v) is 5.99. The zero-order valence-electron chi connectivity index (χ0n) is 15.5. The lowest BCUT2D eigenvalue weighted by molar-refractivity contribution is 0.229. The van der Waals surface area contributed by atoms with Crippen LogP contribution in [-0.4, -0.2) is 21.4 Å². The smallest absolute Gasteiger partial charge is 0.175 e. The van der Waals surface area contributed by atoms with E-state index in [0.717, 1.165) is 48.5 Å². The monoisotopic (exact) mass is 352 g/mol. The number of aryl methyl sites for hydroxylation is 1. The van der Waals surface area contributed by atoms with E-state index >= 15 is 0 Å². The summed E-state index contributed by atoms with van der Waals surface area (Å²) in [7, 11) is 0. The maximum Gasteiger partial charge on any atom is 0.175 e. The number of hydrogen-bond donors (Lipinski definition) is 4. The minimum atomic E-state index is -0.612. The predicted molar refractivity (Wildman–Crippen MR) is 106 cm³/mol. The van der Waals surface area contributed by atoms with Gasteiger partial charge in [-0.15, -0.1) is 0 Å². The van der Waals surface area contributed by atoms with Crippen molar-refractivity contribution in [3.63, 3.8) is 0 Å². The molecule has 1 unspecified atom stereocenters. The first-order valence-electron chi connectivity index (χ1n) is 9.39. The van der Waals surface area contributed by atoms with E-state index < -0.39 is 5.66 Å². The summed E-state index contributed by atoms with van der Waals surface area (Å²) in [5.41, 5.74) is 20.3. The highest BCUT2D eigenvalue weighted by molar-refractivity contribution is 5.79. The minimum absolute atomic E-state index is 0.302. The Bertz CT molecular complexity index is 830. The van der Waals surface area contributed by atoms with E-state index in [4.69, 9.17) is 11.5 Å². The van der Waals surface area contributed by atoms with Gasteiger partial charge in [0, 0.05) is 30.0 Å². The molecule has 0 amide bonds. The van der Waals surface area contributed by atoms with Crippen molar-refractivity contribution in [1.82, 2.24) is 9.66 Å². The fraction of sp³-hybridized carbons (Fsp3) is 0.450. The van der Waals surface area contributed by atoms with Gasteiger partial charge in [0.25, 0.3) is 0 Å². The highest BCUT2D eigenvalue weighted by Crippen LogP contribution is 2.39. The van der Waals surface area contributed by atoms with E-state index in [-0.39, 0.29) is 0 Å². The summed E-state index contributed by atoms with van der Waals surface area (Å²) in [6.45, 7) is 4.21. The topological polar surface area (TPSA) is 93.9 Å². The molecule has 6 nitrogen and oxygen atoms in total. The fourth-order valence-electron chi connectivity index (χ4n) is 4.21. The number of imidazole rings is 1. The number of nitrogens with zero attached hydrogens (tertiary/aromatic N) is 2. The molecule has 4 rings (SSSR count). The second-order valence-electron chi connectivity index (χ2n) is 7.65. The first-order chi connectivity index (χ1) is 12.5. The first kappa shape index (κ1) is 17.1. The Morgan fingerprint density at radius 3 is 2.65 bits per heavy atom. The number of hydrogen-bond acceptors (Lipinski definition) is 5. The zero-order chi connectivity index (χ0) is 18.3. The van der Waals surface area contributed by atoms with Gasteiger partial charge in [-0.1, -0.05) is 18.2 Å². The summed E-state index contributed by atoms with van der Waals surface area (Å²) in [6.07, 6.45) is 7.84. The van der Waals surface area contributed by atoms with Crippen LogP contribution >= 0.6 is 0 Å². The van der Waals surface area contributed by atoms with Crippen LogP contribution in [0.4, 0.5) is 5.69 Å². The van der Waals surface area contributed by atoms with Gasteiger partial charge in [-0.2, -0.15) is 0 Å². The third kappa shape index (κ3) is 2.79. The van der Waals surface area contributed by atoms with Crippen LogP contribution in [0.1, 0.15) is 44.0 Å². The van der Waals surface area contributed by atoms with Crippen LogP contribution in [0.2, 0.25) is 0 Å². The van der Waals surface area contributed by atoms with Crippen molar-refractivity contribution in [1.29, 1.82) is 0 Å². The second-order valence-corrected chi connectivity index (χ2v) is 7.65. The molecule has 6 N–H and O–H groups in total. The van der Waals surface area contributed by atoms with Gasteiger partial charge in [0.15, 0.2) is 5.82 Å². The Labute approximate surface area is 154 Å². The molecule has 0 radical (unpaired) electrons. The van der Waals surface area contributed by atoms with Gasteiger partial charge in [0.05, 0.1) is 5.70 Å². The molecule has 1 aromatic carbocycles. The van der Waals surface area contributed by atoms with Crippen molar-refractivity contribution in [2.24, 2.45) is 17.4 Å². The molecule has 0 saturated heterocycles. The van der Waals surface area contributed by atoms with Crippen molar-refractivity contribution >= 4 is 11.4 Å². The Hall–Kier alpha value is -2.31. The molecule has 26 heavy (non-hydrogen) atoms. The number of anilines is 1. The average molecular weight is 352 g/mol. The first-order valence-corrected chi connectivity index (χ1v) is 9.39. The Morgan fingerprint density at radius 2 is 1.92 bits per heavy atom. The quantitative estimate of drug-likeness (QED) is 0.681. The van der Waals surface area contributed by atoms with Crippen LogP contribution in [0.3, 0.4) is 0 Å². The van der Waals surface area contributed by atoms with E-state index in [1.165, 1.54) is 5.56 Å². The van der Waals surface area contributed by atoms with Gasteiger partial charge in [0.2, 0.25) is 0 Å². The lowest BCUT2D eigenvalue weighted by Crippen LogP contribution is -2.61. The molecule has 1 aliphatic carbocycles. The maximum absolute atomic E-state index is 6.98. The molecule has 2 aromatic rings. The summed E-state index contributed by atoms with van der Waals surface area (Å²) < 4.78 is 1.95. The number of rotatable bonds is 3. The summed E-state index contributed by atoms with van der Waals surface area (Å²) >= 11 is 0. The molecule has 1 atom stereocenters. The Kier molecular flexibility index (Phi) is 4.25. The number of benzene rings is 1. The molecule has 2 heterocycles. The van der Waals surface area contributed by atoms with Gasteiger partial charge in [-0.25, -0.2) is 9.66 Å². The predicted octanol–water partition coefficient (Wildman–Crippen LogP) is 2.76. The van der Waals surface area contributed by atoms with Gasteiger partial charge in [-0.3, -0.25) is 0 Å². The summed E-state index contributed by atoms with van der Waals surface area (Å²) in [5.74, 6) is 1.20. The van der Waals surface area contributed by atoms with Gasteiger partial charge in [0.1, 0.15) is 5.66 Å². The molecule has 138 valence electrons. The van der Waals surface area contributed by atoms with Gasteiger partial charge in [-0.05, 0) is 56.7 Å². The van der Waals surface area contributed by atoms with Crippen LogP contribution in [0.5, 0.6) is 0 Å². The lowest BCUT2D eigenvalue weighted by atomic mass is 9.75. The van der Waals surface area contributed by atoms with Gasteiger partial charge < -0.3 is 22.2 Å². The molecule has 2 aliphatic rings. The van der Waals surface area contributed by atoms with Crippen LogP contribution in [0, 0.1) is 12.8 Å². The largest absolute Gasteiger partial charge is 0.352 e. The molecule has 1 fully saturated rings. The fourth-order valence-corrected chi connectivity index (χ4v) is 4.21. The molecule has 0 bridgehead atoms. The van der Waals surface area contributed by atoms with E-state index in [0.29, 0.717) is 12.0 Å². The highest BCUT2D eigenvalue weighted by atomic mass is 15.5. The number of aromatic nitrogens is 2. The number of nitrogens with one attached hydrogen (secondary N) is 2. The zero-order valence-corrected chi connectivity index (χ0v) is 15.5. The van der Waals surface area contributed by atoms with Gasteiger partial charge >= 0.3 is 0 Å². The summed E-state index contributed by atoms with van der Waals surface area (Å²) in [5, 5.41) is 3.60. The normalized spacial score (nSPS) is 28.5. The average Bonchev–Trinajstić information content (AvgIpc) is 3.08. The lowest BCUT2D eigenvalue weighted by Gasteiger charge is -2.46. The van der Waals surface area contributed by atoms with Crippen LogP contribution in [0.25, 0.3) is 5.70 Å². The highest BCUT2D eigenvalue weighted by Gasteiger charge is 2.43. The van der Waals surface area contributed by atoms with Crippen molar-refractivity contribution in [3.8, 4) is 0 Å². The number of nitrogens with two attached hydrogens (primary N) is 2. The van der Waals surface area contributed by atoms with Crippen molar-refractivity contribution in [3.05, 3.63) is 53.6 Å². The van der Waals surface area contributed by atoms with E-state index in [2.05, 4.69) is 41.7 Å². The molecule has 1 aliphatic heterocycles. The molecule has 1 saturated carbocycles. The molecule has 6 heteroatoms. The second kappa shape index (κ2) is 6.45. The Balaban J connectivity index is 1.74. The summed E-state index contributed by atoms with van der Waals surface area (Å²) in [6, 6.07) is 8.57. The molecule has 1 aromatic heterocycles. The van der Waals surface area contributed by atoms with Crippen LogP contribution in [0.15, 0.2) is 42.2 Å². The van der Waals surface area contributed by atoms with Crippen molar-refractivity contribution < 1.29 is 0 Å².